The van der Waals surface area contributed by atoms with Crippen molar-refractivity contribution in [2.45, 2.75) is 19.8 Å². The van der Waals surface area contributed by atoms with Gasteiger partial charge in [-0.05, 0) is 18.1 Å². The maximum absolute atomic E-state index is 13.7. The van der Waals surface area contributed by atoms with E-state index < -0.39 is 23.2 Å². The van der Waals surface area contributed by atoms with Crippen molar-refractivity contribution in [2.24, 2.45) is 0 Å². The van der Waals surface area contributed by atoms with Crippen LogP contribution in [0.25, 0.3) is 0 Å². The average molecular weight is 359 g/mol. The van der Waals surface area contributed by atoms with Crippen LogP contribution in [0.2, 0.25) is 0 Å². The zero-order valence-electron chi connectivity index (χ0n) is 11.3. The predicted octanol–water partition coefficient (Wildman–Crippen LogP) is 3.41. The van der Waals surface area contributed by atoms with Gasteiger partial charge >= 0.3 is 0 Å². The topological polar surface area (TPSA) is 83.8 Å². The van der Waals surface area contributed by atoms with Crippen LogP contribution < -0.4 is 11.1 Å². The number of anilines is 2. The van der Waals surface area contributed by atoms with Gasteiger partial charge in [-0.25, -0.2) is 8.78 Å². The lowest BCUT2D eigenvalue weighted by Crippen LogP contribution is -2.16. The first-order valence-electron chi connectivity index (χ1n) is 6.11. The number of aromatic amines is 1. The second kappa shape index (κ2) is 5.80. The number of benzene rings is 1. The molecule has 0 radical (unpaired) electrons. The minimum Gasteiger partial charge on any atom is -0.395 e. The number of nitrogens with two attached hydrogens (primary N) is 1. The molecule has 0 saturated carbocycles. The Balaban J connectivity index is 2.31. The van der Waals surface area contributed by atoms with E-state index in [9.17, 15) is 13.6 Å². The lowest BCUT2D eigenvalue weighted by atomic mass is 10.1. The van der Waals surface area contributed by atoms with Crippen LogP contribution in [0.4, 0.5) is 20.2 Å². The van der Waals surface area contributed by atoms with Crippen LogP contribution in [0.15, 0.2) is 16.6 Å². The molecule has 0 atom stereocenters. The van der Waals surface area contributed by atoms with Crippen LogP contribution >= 0.6 is 15.9 Å². The summed E-state index contributed by atoms with van der Waals surface area (Å²) in [5, 5.41) is 8.58. The number of halogens is 3. The van der Waals surface area contributed by atoms with E-state index in [0.717, 1.165) is 12.1 Å². The average Bonchev–Trinajstić information content (AvgIpc) is 2.75. The first-order chi connectivity index (χ1) is 9.81. The van der Waals surface area contributed by atoms with Crippen LogP contribution in [0.3, 0.4) is 0 Å². The van der Waals surface area contributed by atoms with Gasteiger partial charge in [0, 0.05) is 4.47 Å². The summed E-state index contributed by atoms with van der Waals surface area (Å²) in [5.41, 5.74) is 5.93. The summed E-state index contributed by atoms with van der Waals surface area (Å²) in [4.78, 5) is 12.0. The Kier molecular flexibility index (Phi) is 4.26. The van der Waals surface area contributed by atoms with Gasteiger partial charge < -0.3 is 11.1 Å². The largest absolute Gasteiger partial charge is 0.395 e. The Morgan fingerprint density at radius 2 is 1.95 bits per heavy atom. The fourth-order valence-electron chi connectivity index (χ4n) is 1.81. The van der Waals surface area contributed by atoms with Crippen molar-refractivity contribution in [2.75, 3.05) is 11.1 Å². The number of aromatic nitrogens is 2. The molecular formula is C13H13BrF2N4O. The highest BCUT2D eigenvalue weighted by molar-refractivity contribution is 9.10. The lowest BCUT2D eigenvalue weighted by molar-refractivity contribution is 0.102. The summed E-state index contributed by atoms with van der Waals surface area (Å²) >= 11 is 2.96. The first kappa shape index (κ1) is 15.4. The van der Waals surface area contributed by atoms with Crippen molar-refractivity contribution >= 4 is 33.2 Å². The molecule has 21 heavy (non-hydrogen) atoms. The standard InChI is InChI=1S/C13H13BrF2N4O/c1-5(2)10-9(17)12(20-19-10)13(21)18-11-7(15)3-6(14)4-8(11)16/h3-5H,17H2,1-2H3,(H,18,21)(H,19,20). The van der Waals surface area contributed by atoms with Gasteiger partial charge in [0.15, 0.2) is 17.3 Å². The summed E-state index contributed by atoms with van der Waals surface area (Å²) < 4.78 is 27.6. The maximum atomic E-state index is 13.7. The molecule has 0 fully saturated rings. The van der Waals surface area contributed by atoms with Crippen LogP contribution in [-0.2, 0) is 0 Å². The summed E-state index contributed by atoms with van der Waals surface area (Å²) in [6.07, 6.45) is 0. The molecule has 1 aromatic heterocycles. The maximum Gasteiger partial charge on any atom is 0.278 e. The predicted molar refractivity (Wildman–Crippen MR) is 79.1 cm³/mol. The smallest absolute Gasteiger partial charge is 0.278 e. The molecule has 0 unspecified atom stereocenters. The molecule has 0 aliphatic rings. The summed E-state index contributed by atoms with van der Waals surface area (Å²) in [7, 11) is 0. The molecule has 8 heteroatoms. The van der Waals surface area contributed by atoms with Crippen molar-refractivity contribution < 1.29 is 13.6 Å². The molecule has 0 saturated heterocycles. The molecule has 1 heterocycles. The number of rotatable bonds is 3. The quantitative estimate of drug-likeness (QED) is 0.785. The highest BCUT2D eigenvalue weighted by Gasteiger charge is 2.21. The van der Waals surface area contributed by atoms with E-state index in [4.69, 9.17) is 5.73 Å². The molecule has 0 bridgehead atoms. The zero-order valence-corrected chi connectivity index (χ0v) is 12.9. The number of hydrogen-bond donors (Lipinski definition) is 3. The van der Waals surface area contributed by atoms with Crippen molar-refractivity contribution in [1.29, 1.82) is 0 Å². The van der Waals surface area contributed by atoms with E-state index in [0.29, 0.717) is 5.69 Å². The third kappa shape index (κ3) is 3.05. The monoisotopic (exact) mass is 358 g/mol. The summed E-state index contributed by atoms with van der Waals surface area (Å²) in [6.45, 7) is 3.75. The third-order valence-corrected chi connectivity index (χ3v) is 3.33. The highest BCUT2D eigenvalue weighted by Crippen LogP contribution is 2.26. The highest BCUT2D eigenvalue weighted by atomic mass is 79.9. The van der Waals surface area contributed by atoms with E-state index in [1.807, 2.05) is 13.8 Å². The third-order valence-electron chi connectivity index (χ3n) is 2.87. The number of H-pyrrole nitrogens is 1. The molecule has 2 aromatic rings. The van der Waals surface area contributed by atoms with E-state index in [1.165, 1.54) is 0 Å². The van der Waals surface area contributed by atoms with Gasteiger partial charge in [-0.3, -0.25) is 9.89 Å². The molecule has 0 aliphatic heterocycles. The Morgan fingerprint density at radius 1 is 1.38 bits per heavy atom. The van der Waals surface area contributed by atoms with Crippen LogP contribution in [0.1, 0.15) is 35.9 Å². The number of nitrogen functional groups attached to an aromatic ring is 1. The number of nitrogens with zero attached hydrogens (tertiary/aromatic N) is 1. The van der Waals surface area contributed by atoms with E-state index in [2.05, 4.69) is 31.4 Å². The number of nitrogens with one attached hydrogen (secondary N) is 2. The molecule has 4 N–H and O–H groups in total. The van der Waals surface area contributed by atoms with E-state index in [-0.39, 0.29) is 21.8 Å². The van der Waals surface area contributed by atoms with Crippen LogP contribution in [-0.4, -0.2) is 16.1 Å². The molecule has 112 valence electrons. The van der Waals surface area contributed by atoms with Gasteiger partial charge in [-0.15, -0.1) is 0 Å². The number of amides is 1. The second-order valence-corrected chi connectivity index (χ2v) is 5.67. The minimum atomic E-state index is -0.895. The number of hydrogen-bond acceptors (Lipinski definition) is 3. The minimum absolute atomic E-state index is 0.0419. The van der Waals surface area contributed by atoms with Crippen molar-refractivity contribution in [3.05, 3.63) is 39.6 Å². The van der Waals surface area contributed by atoms with Crippen molar-refractivity contribution in [1.82, 2.24) is 10.2 Å². The number of carbonyl (C=O) groups is 1. The fourth-order valence-corrected chi connectivity index (χ4v) is 2.21. The van der Waals surface area contributed by atoms with Gasteiger partial charge in [0.25, 0.3) is 5.91 Å². The normalized spacial score (nSPS) is 11.0. The molecule has 0 aliphatic carbocycles. The lowest BCUT2D eigenvalue weighted by Gasteiger charge is -2.07. The Labute approximate surface area is 128 Å². The summed E-state index contributed by atoms with van der Waals surface area (Å²) in [6, 6.07) is 2.10. The van der Waals surface area contributed by atoms with E-state index >= 15 is 0 Å². The second-order valence-electron chi connectivity index (χ2n) is 4.75. The van der Waals surface area contributed by atoms with Gasteiger partial charge in [0.2, 0.25) is 0 Å². The molecule has 1 amide bonds. The van der Waals surface area contributed by atoms with E-state index in [1.54, 1.807) is 0 Å². The Bertz CT molecular complexity index is 676. The molecule has 1 aromatic carbocycles. The van der Waals surface area contributed by atoms with Gasteiger partial charge in [-0.2, -0.15) is 5.10 Å². The van der Waals surface area contributed by atoms with Crippen LogP contribution in [0, 0.1) is 11.6 Å². The fraction of sp³-hybridized carbons (Fsp3) is 0.231. The Hall–Kier alpha value is -1.96. The first-order valence-corrected chi connectivity index (χ1v) is 6.90. The Morgan fingerprint density at radius 3 is 2.43 bits per heavy atom. The van der Waals surface area contributed by atoms with Crippen molar-refractivity contribution in [3.63, 3.8) is 0 Å². The van der Waals surface area contributed by atoms with Gasteiger partial charge in [0.05, 0.1) is 11.4 Å². The van der Waals surface area contributed by atoms with Gasteiger partial charge in [0.1, 0.15) is 5.69 Å². The SMILES string of the molecule is CC(C)c1[nH]nc(C(=O)Nc2c(F)cc(Br)cc2F)c1N. The zero-order chi connectivity index (χ0) is 15.7. The summed E-state index contributed by atoms with van der Waals surface area (Å²) in [5.74, 6) is -2.53. The number of carbonyl (C=O) groups excluding carboxylic acids is 1. The molecule has 2 rings (SSSR count). The molecule has 0 spiro atoms. The van der Waals surface area contributed by atoms with Crippen LogP contribution in [0.5, 0.6) is 0 Å². The van der Waals surface area contributed by atoms with Crippen molar-refractivity contribution in [3.8, 4) is 0 Å². The molecular weight excluding hydrogens is 346 g/mol. The van der Waals surface area contributed by atoms with Gasteiger partial charge in [-0.1, -0.05) is 29.8 Å². The molecule has 5 nitrogen and oxygen atoms in total.